The predicted molar refractivity (Wildman–Crippen MR) is 70.7 cm³/mol. The van der Waals surface area contributed by atoms with E-state index in [0.29, 0.717) is 12.3 Å². The Morgan fingerprint density at radius 3 is 3.30 bits per heavy atom. The number of hydrogen-bond acceptors (Lipinski definition) is 5. The molecular formula is C13H20N4O3. The minimum absolute atomic E-state index is 0.320. The monoisotopic (exact) mass is 280 g/mol. The Morgan fingerprint density at radius 2 is 2.45 bits per heavy atom. The molecule has 1 amide bonds. The fourth-order valence-electron chi connectivity index (χ4n) is 2.45. The van der Waals surface area contributed by atoms with Gasteiger partial charge in [-0.1, -0.05) is 0 Å². The number of nitrogens with one attached hydrogen (secondary N) is 2. The molecule has 1 fully saturated rings. The van der Waals surface area contributed by atoms with Crippen LogP contribution in [0.3, 0.4) is 0 Å². The molecule has 0 radical (unpaired) electrons. The summed E-state index contributed by atoms with van der Waals surface area (Å²) in [6, 6.07) is 1.80. The standard InChI is InChI=1S/C13H20N4O3/c18-13(16-20-12-4-1-2-7-19-12)11-8-10-9-14-5-3-6-17(10)15-11/h8,12,14H,1-7,9H2,(H,16,18). The van der Waals surface area contributed by atoms with E-state index in [2.05, 4.69) is 15.9 Å². The Balaban J connectivity index is 1.56. The van der Waals surface area contributed by atoms with Crippen LogP contribution >= 0.6 is 0 Å². The highest BCUT2D eigenvalue weighted by atomic mass is 16.8. The SMILES string of the molecule is O=C(NOC1CCCCO1)c1cc2n(n1)CCCNC2. The van der Waals surface area contributed by atoms with Crippen LogP contribution < -0.4 is 10.8 Å². The summed E-state index contributed by atoms with van der Waals surface area (Å²) in [5.41, 5.74) is 3.85. The third-order valence-corrected chi connectivity index (χ3v) is 3.55. The molecule has 0 bridgehead atoms. The summed E-state index contributed by atoms with van der Waals surface area (Å²) < 4.78 is 7.27. The van der Waals surface area contributed by atoms with Crippen LogP contribution in [0.25, 0.3) is 0 Å². The summed E-state index contributed by atoms with van der Waals surface area (Å²) in [5, 5.41) is 7.61. The molecule has 0 aliphatic carbocycles. The van der Waals surface area contributed by atoms with Crippen molar-refractivity contribution in [3.05, 3.63) is 17.5 Å². The van der Waals surface area contributed by atoms with Gasteiger partial charge >= 0.3 is 0 Å². The summed E-state index contributed by atoms with van der Waals surface area (Å²) in [5.74, 6) is -0.320. The van der Waals surface area contributed by atoms with Gasteiger partial charge in [-0.2, -0.15) is 5.10 Å². The summed E-state index contributed by atoms with van der Waals surface area (Å²) in [6.07, 6.45) is 3.60. The molecule has 0 spiro atoms. The third-order valence-electron chi connectivity index (χ3n) is 3.55. The molecule has 0 aromatic carbocycles. The number of rotatable bonds is 3. The second-order valence-corrected chi connectivity index (χ2v) is 5.12. The largest absolute Gasteiger partial charge is 0.350 e. The first kappa shape index (κ1) is 13.5. The number of hydroxylamine groups is 1. The molecule has 3 rings (SSSR count). The minimum Gasteiger partial charge on any atom is -0.350 e. The number of aromatic nitrogens is 2. The van der Waals surface area contributed by atoms with Crippen LogP contribution in [0.2, 0.25) is 0 Å². The topological polar surface area (TPSA) is 77.4 Å². The Kier molecular flexibility index (Phi) is 4.29. The van der Waals surface area contributed by atoms with Crippen LogP contribution in [-0.2, 0) is 22.7 Å². The number of nitrogens with zero attached hydrogens (tertiary/aromatic N) is 2. The molecule has 110 valence electrons. The molecule has 1 saturated heterocycles. The van der Waals surface area contributed by atoms with E-state index in [9.17, 15) is 4.79 Å². The van der Waals surface area contributed by atoms with Gasteiger partial charge in [0.25, 0.3) is 5.91 Å². The van der Waals surface area contributed by atoms with Gasteiger partial charge in [0.05, 0.1) is 5.69 Å². The van der Waals surface area contributed by atoms with Gasteiger partial charge in [0.1, 0.15) is 0 Å². The first-order valence-corrected chi connectivity index (χ1v) is 7.18. The Hall–Kier alpha value is -1.44. The summed E-state index contributed by atoms with van der Waals surface area (Å²) in [7, 11) is 0. The molecule has 1 aromatic heterocycles. The van der Waals surface area contributed by atoms with Crippen molar-refractivity contribution in [2.24, 2.45) is 0 Å². The fraction of sp³-hybridized carbons (Fsp3) is 0.692. The van der Waals surface area contributed by atoms with Gasteiger partial charge in [-0.05, 0) is 31.9 Å². The molecule has 20 heavy (non-hydrogen) atoms. The van der Waals surface area contributed by atoms with E-state index in [4.69, 9.17) is 9.57 Å². The number of carbonyl (C=O) groups excluding carboxylic acids is 1. The lowest BCUT2D eigenvalue weighted by molar-refractivity contribution is -0.186. The number of ether oxygens (including phenoxy) is 1. The van der Waals surface area contributed by atoms with Crippen molar-refractivity contribution in [2.45, 2.75) is 45.1 Å². The van der Waals surface area contributed by atoms with Crippen LogP contribution in [0.15, 0.2) is 6.07 Å². The van der Waals surface area contributed by atoms with Crippen LogP contribution in [0, 0.1) is 0 Å². The molecule has 2 aliphatic heterocycles. The average molecular weight is 280 g/mol. The summed E-state index contributed by atoms with van der Waals surface area (Å²) in [4.78, 5) is 17.3. The predicted octanol–water partition coefficient (Wildman–Crippen LogP) is 0.564. The van der Waals surface area contributed by atoms with E-state index >= 15 is 0 Å². The quantitative estimate of drug-likeness (QED) is 0.791. The highest BCUT2D eigenvalue weighted by Crippen LogP contribution is 2.13. The minimum atomic E-state index is -0.338. The van der Waals surface area contributed by atoms with Crippen molar-refractivity contribution in [3.63, 3.8) is 0 Å². The van der Waals surface area contributed by atoms with Crippen LogP contribution in [-0.4, -0.2) is 35.1 Å². The van der Waals surface area contributed by atoms with Crippen LogP contribution in [0.1, 0.15) is 41.9 Å². The lowest BCUT2D eigenvalue weighted by Crippen LogP contribution is -2.33. The molecule has 7 heteroatoms. The molecule has 1 aromatic rings. The van der Waals surface area contributed by atoms with Crippen molar-refractivity contribution in [2.75, 3.05) is 13.2 Å². The zero-order valence-electron chi connectivity index (χ0n) is 11.4. The summed E-state index contributed by atoms with van der Waals surface area (Å²) >= 11 is 0. The lowest BCUT2D eigenvalue weighted by Gasteiger charge is -2.21. The number of fused-ring (bicyclic) bond motifs is 1. The fourth-order valence-corrected chi connectivity index (χ4v) is 2.45. The van der Waals surface area contributed by atoms with E-state index in [1.54, 1.807) is 6.07 Å². The zero-order chi connectivity index (χ0) is 13.8. The average Bonchev–Trinajstić information content (AvgIpc) is 2.77. The van der Waals surface area contributed by atoms with Crippen LogP contribution in [0.5, 0.6) is 0 Å². The van der Waals surface area contributed by atoms with Gasteiger partial charge in [-0.3, -0.25) is 9.48 Å². The Bertz CT molecular complexity index is 445. The maximum absolute atomic E-state index is 12.0. The molecule has 2 aliphatic rings. The Morgan fingerprint density at radius 1 is 1.50 bits per heavy atom. The van der Waals surface area contributed by atoms with Gasteiger partial charge in [0.15, 0.2) is 12.0 Å². The van der Waals surface area contributed by atoms with Gasteiger partial charge in [0, 0.05) is 26.1 Å². The molecule has 1 unspecified atom stereocenters. The van der Waals surface area contributed by atoms with Crippen molar-refractivity contribution in [3.8, 4) is 0 Å². The normalized spacial score (nSPS) is 22.9. The highest BCUT2D eigenvalue weighted by Gasteiger charge is 2.19. The number of aryl methyl sites for hydroxylation is 1. The molecule has 0 saturated carbocycles. The van der Waals surface area contributed by atoms with Crippen molar-refractivity contribution >= 4 is 5.91 Å². The van der Waals surface area contributed by atoms with E-state index in [0.717, 1.165) is 51.0 Å². The second-order valence-electron chi connectivity index (χ2n) is 5.12. The molecule has 3 heterocycles. The van der Waals surface area contributed by atoms with Gasteiger partial charge in [-0.15, -0.1) is 0 Å². The van der Waals surface area contributed by atoms with Gasteiger partial charge in [-0.25, -0.2) is 10.3 Å². The number of hydrogen-bond donors (Lipinski definition) is 2. The van der Waals surface area contributed by atoms with E-state index in [1.165, 1.54) is 0 Å². The van der Waals surface area contributed by atoms with Gasteiger partial charge in [0.2, 0.25) is 0 Å². The zero-order valence-corrected chi connectivity index (χ0v) is 11.4. The molecular weight excluding hydrogens is 260 g/mol. The first-order valence-electron chi connectivity index (χ1n) is 7.18. The van der Waals surface area contributed by atoms with Crippen molar-refractivity contribution in [1.29, 1.82) is 0 Å². The lowest BCUT2D eigenvalue weighted by atomic mass is 10.2. The smallest absolute Gasteiger partial charge is 0.295 e. The van der Waals surface area contributed by atoms with E-state index in [-0.39, 0.29) is 12.2 Å². The number of amides is 1. The van der Waals surface area contributed by atoms with Crippen LogP contribution in [0.4, 0.5) is 0 Å². The van der Waals surface area contributed by atoms with Gasteiger partial charge < -0.3 is 10.1 Å². The second kappa shape index (κ2) is 6.34. The third kappa shape index (κ3) is 3.17. The van der Waals surface area contributed by atoms with Crippen molar-refractivity contribution in [1.82, 2.24) is 20.6 Å². The molecule has 2 N–H and O–H groups in total. The maximum Gasteiger partial charge on any atom is 0.295 e. The highest BCUT2D eigenvalue weighted by molar-refractivity contribution is 5.91. The molecule has 1 atom stereocenters. The first-order chi connectivity index (χ1) is 9.83. The number of carbonyl (C=O) groups is 1. The maximum atomic E-state index is 12.0. The molecule has 7 nitrogen and oxygen atoms in total. The van der Waals surface area contributed by atoms with E-state index < -0.39 is 0 Å². The Labute approximate surface area is 117 Å². The van der Waals surface area contributed by atoms with Crippen molar-refractivity contribution < 1.29 is 14.4 Å². The summed E-state index contributed by atoms with van der Waals surface area (Å²) in [6.45, 7) is 3.24. The van der Waals surface area contributed by atoms with E-state index in [1.807, 2.05) is 4.68 Å².